The highest BCUT2D eigenvalue weighted by Crippen LogP contribution is 2.60. The number of ether oxygens (including phenoxy) is 2. The highest BCUT2D eigenvalue weighted by molar-refractivity contribution is 9.10. The van der Waals surface area contributed by atoms with Crippen molar-refractivity contribution < 1.29 is 23.9 Å². The van der Waals surface area contributed by atoms with E-state index in [1.54, 1.807) is 12.1 Å². The summed E-state index contributed by atoms with van der Waals surface area (Å²) >= 11 is 10.00. The summed E-state index contributed by atoms with van der Waals surface area (Å²) in [5.41, 5.74) is 3.13. The zero-order valence-corrected chi connectivity index (χ0v) is 26.6. The van der Waals surface area contributed by atoms with Crippen LogP contribution in [0.1, 0.15) is 55.2 Å². The van der Waals surface area contributed by atoms with Crippen molar-refractivity contribution in [1.82, 2.24) is 5.32 Å². The van der Waals surface area contributed by atoms with E-state index >= 15 is 0 Å². The number of carbonyl (C=O) groups is 3. The number of nitrogens with one attached hydrogen (secondary N) is 1. The fourth-order valence-corrected chi connectivity index (χ4v) is 8.72. The molecule has 4 saturated carbocycles. The maximum Gasteiger partial charge on any atom is 0.335 e. The summed E-state index contributed by atoms with van der Waals surface area (Å²) in [6, 6.07) is 18.0. The molecule has 3 aromatic rings. The van der Waals surface area contributed by atoms with Crippen LogP contribution in [-0.2, 0) is 21.6 Å². The molecule has 0 atom stereocenters. The second-order valence-corrected chi connectivity index (χ2v) is 14.0. The monoisotopic (exact) mass is 674 g/mol. The first-order chi connectivity index (χ1) is 21.2. The van der Waals surface area contributed by atoms with Gasteiger partial charge in [0.05, 0.1) is 17.8 Å². The number of benzene rings is 3. The van der Waals surface area contributed by atoms with Gasteiger partial charge in [-0.3, -0.25) is 14.9 Å². The van der Waals surface area contributed by atoms with E-state index in [4.69, 9.17) is 21.1 Å². The van der Waals surface area contributed by atoms with Crippen molar-refractivity contribution in [2.24, 2.45) is 17.8 Å². The van der Waals surface area contributed by atoms with E-state index in [1.165, 1.54) is 57.3 Å². The van der Waals surface area contributed by atoms with Crippen molar-refractivity contribution in [3.05, 3.63) is 92.4 Å². The van der Waals surface area contributed by atoms with E-state index in [-0.39, 0.29) is 22.6 Å². The Balaban J connectivity index is 1.13. The minimum atomic E-state index is -0.771. The lowest BCUT2D eigenvalue weighted by Crippen LogP contribution is -2.54. The van der Waals surface area contributed by atoms with Gasteiger partial charge in [-0.2, -0.15) is 0 Å². The number of hydrogen-bond donors (Lipinski definition) is 1. The molecule has 4 amide bonds. The molecular formula is C35H32BrClN2O5. The Bertz CT molecular complexity index is 1650. The molecule has 1 aliphatic heterocycles. The van der Waals surface area contributed by atoms with Crippen LogP contribution >= 0.6 is 27.5 Å². The van der Waals surface area contributed by atoms with Gasteiger partial charge < -0.3 is 9.47 Å². The van der Waals surface area contributed by atoms with E-state index in [1.807, 2.05) is 36.4 Å². The molecule has 5 fully saturated rings. The minimum Gasteiger partial charge on any atom is -0.493 e. The van der Waals surface area contributed by atoms with E-state index in [2.05, 4.69) is 33.4 Å². The third-order valence-corrected chi connectivity index (χ3v) is 10.5. The van der Waals surface area contributed by atoms with Crippen LogP contribution in [0.15, 0.2) is 70.7 Å². The predicted octanol–water partition coefficient (Wildman–Crippen LogP) is 7.82. The van der Waals surface area contributed by atoms with Crippen molar-refractivity contribution >= 4 is 57.1 Å². The predicted molar refractivity (Wildman–Crippen MR) is 172 cm³/mol. The zero-order valence-electron chi connectivity index (χ0n) is 24.3. The maximum absolute atomic E-state index is 13.6. The molecule has 4 bridgehead atoms. The van der Waals surface area contributed by atoms with Crippen LogP contribution in [-0.4, -0.2) is 25.0 Å². The molecule has 44 heavy (non-hydrogen) atoms. The number of amides is 4. The molecule has 1 saturated heterocycles. The van der Waals surface area contributed by atoms with Crippen molar-refractivity contribution in [2.45, 2.75) is 50.5 Å². The lowest BCUT2D eigenvalue weighted by atomic mass is 9.48. The Kier molecular flexibility index (Phi) is 7.53. The van der Waals surface area contributed by atoms with Crippen molar-refractivity contribution in [2.75, 3.05) is 12.0 Å². The summed E-state index contributed by atoms with van der Waals surface area (Å²) in [5.74, 6) is 1.65. The minimum absolute atomic E-state index is 0.184. The van der Waals surface area contributed by atoms with Crippen LogP contribution in [0.25, 0.3) is 6.08 Å². The molecule has 9 heteroatoms. The Morgan fingerprint density at radius 1 is 0.955 bits per heavy atom. The largest absolute Gasteiger partial charge is 0.493 e. The second kappa shape index (κ2) is 11.4. The number of nitrogens with zero attached hydrogens (tertiary/aromatic N) is 1. The first kappa shape index (κ1) is 29.1. The molecule has 0 unspecified atom stereocenters. The normalized spacial score (nSPS) is 26.7. The van der Waals surface area contributed by atoms with E-state index in [0.717, 1.165) is 32.7 Å². The molecule has 0 radical (unpaired) electrons. The van der Waals surface area contributed by atoms with Crippen molar-refractivity contribution in [3.8, 4) is 11.5 Å². The van der Waals surface area contributed by atoms with Gasteiger partial charge in [0.1, 0.15) is 12.2 Å². The summed E-state index contributed by atoms with van der Waals surface area (Å²) in [4.78, 5) is 40.4. The summed E-state index contributed by atoms with van der Waals surface area (Å²) in [6.45, 7) is 0.267. The Morgan fingerprint density at radius 3 is 2.20 bits per heavy atom. The maximum atomic E-state index is 13.6. The summed E-state index contributed by atoms with van der Waals surface area (Å²) in [5, 5.41) is 2.57. The number of halogens is 2. The smallest absolute Gasteiger partial charge is 0.335 e. The van der Waals surface area contributed by atoms with Crippen LogP contribution in [0.2, 0.25) is 5.02 Å². The van der Waals surface area contributed by atoms with E-state index in [9.17, 15) is 14.4 Å². The molecule has 0 aromatic heterocycles. The number of methoxy groups -OCH3 is 1. The molecule has 0 spiro atoms. The topological polar surface area (TPSA) is 84.9 Å². The molecule has 8 rings (SSSR count). The first-order valence-corrected chi connectivity index (χ1v) is 16.2. The van der Waals surface area contributed by atoms with Gasteiger partial charge in [-0.15, -0.1) is 0 Å². The molecule has 5 aliphatic rings. The van der Waals surface area contributed by atoms with Gasteiger partial charge >= 0.3 is 6.03 Å². The van der Waals surface area contributed by atoms with Gasteiger partial charge in [0, 0.05) is 4.47 Å². The second-order valence-electron chi connectivity index (χ2n) is 12.7. The van der Waals surface area contributed by atoms with Gasteiger partial charge in [-0.1, -0.05) is 51.8 Å². The van der Waals surface area contributed by atoms with E-state index in [0.29, 0.717) is 22.7 Å². The SMILES string of the molecule is COc1cc(/C=C2\C(=O)NC(=O)N(c3ccc(C45CC6CC(CC(C6)C4)C5)cc3)C2=O)cc(Cl)c1OCc1ccc(Br)cc1. The quantitative estimate of drug-likeness (QED) is 0.204. The lowest BCUT2D eigenvalue weighted by molar-refractivity contribution is -0.122. The first-order valence-electron chi connectivity index (χ1n) is 15.0. The van der Waals surface area contributed by atoms with Gasteiger partial charge in [0.25, 0.3) is 11.8 Å². The highest BCUT2D eigenvalue weighted by atomic mass is 79.9. The van der Waals surface area contributed by atoms with Crippen LogP contribution < -0.4 is 19.7 Å². The number of hydrogen-bond acceptors (Lipinski definition) is 5. The van der Waals surface area contributed by atoms with Crippen LogP contribution in [0, 0.1) is 17.8 Å². The number of barbiturate groups is 1. The molecular weight excluding hydrogens is 644 g/mol. The Morgan fingerprint density at radius 2 is 1.59 bits per heavy atom. The number of carbonyl (C=O) groups excluding carboxylic acids is 3. The number of anilines is 1. The van der Waals surface area contributed by atoms with E-state index < -0.39 is 17.8 Å². The average molecular weight is 676 g/mol. The van der Waals surface area contributed by atoms with Gasteiger partial charge in [-0.25, -0.2) is 9.69 Å². The summed E-state index contributed by atoms with van der Waals surface area (Å²) in [7, 11) is 1.49. The molecule has 1 heterocycles. The van der Waals surface area contributed by atoms with Crippen molar-refractivity contribution in [1.29, 1.82) is 0 Å². The average Bonchev–Trinajstić information content (AvgIpc) is 2.99. The molecule has 4 aliphatic carbocycles. The fourth-order valence-electron chi connectivity index (χ4n) is 8.19. The molecule has 226 valence electrons. The standard InChI is InChI=1S/C35H32BrClN2O5/c1-43-30-15-21(14-29(37)31(30)44-19-20-2-6-26(36)7-3-20)13-28-32(40)38-34(42)39(33(28)41)27-8-4-25(5-9-27)35-16-22-10-23(17-35)12-24(11-22)18-35/h2-9,13-15,22-24H,10-12,16-19H2,1H3,(H,38,40,42)/b28-13+. The summed E-state index contributed by atoms with van der Waals surface area (Å²) < 4.78 is 12.4. The lowest BCUT2D eigenvalue weighted by Gasteiger charge is -2.57. The van der Waals surface area contributed by atoms with Gasteiger partial charge in [0.2, 0.25) is 0 Å². The number of urea groups is 1. The molecule has 3 aromatic carbocycles. The third-order valence-electron chi connectivity index (χ3n) is 9.74. The Labute approximate surface area is 269 Å². The van der Waals surface area contributed by atoms with Crippen LogP contribution in [0.5, 0.6) is 11.5 Å². The number of rotatable bonds is 7. The molecule has 7 nitrogen and oxygen atoms in total. The van der Waals surface area contributed by atoms with Crippen molar-refractivity contribution in [3.63, 3.8) is 0 Å². The summed E-state index contributed by atoms with van der Waals surface area (Å²) in [6.07, 6.45) is 9.17. The Hall–Kier alpha value is -3.62. The zero-order chi connectivity index (χ0) is 30.6. The third kappa shape index (κ3) is 5.32. The fraction of sp³-hybridized carbons (Fsp3) is 0.343. The van der Waals surface area contributed by atoms with Crippen LogP contribution in [0.3, 0.4) is 0 Å². The molecule has 1 N–H and O–H groups in total. The van der Waals surface area contributed by atoms with Gasteiger partial charge in [-0.05, 0) is 121 Å². The van der Waals surface area contributed by atoms with Crippen LogP contribution in [0.4, 0.5) is 10.5 Å². The van der Waals surface area contributed by atoms with Gasteiger partial charge in [0.15, 0.2) is 11.5 Å². The highest BCUT2D eigenvalue weighted by Gasteiger charge is 2.51. The number of imide groups is 2.